The number of hydrogen-bond acceptors (Lipinski definition) is 15. The van der Waals surface area contributed by atoms with Gasteiger partial charge in [-0.05, 0) is 12.1 Å². The molecule has 7 N–H and O–H groups in total. The van der Waals surface area contributed by atoms with Crippen LogP contribution in [0.3, 0.4) is 0 Å². The highest BCUT2D eigenvalue weighted by Gasteiger charge is 2.47. The Hall–Kier alpha value is -3.25. The maximum absolute atomic E-state index is 13.7. The molecule has 0 amide bonds. The summed E-state index contributed by atoms with van der Waals surface area (Å²) in [6.07, 6.45) is -14.2. The Labute approximate surface area is 231 Å². The van der Waals surface area contributed by atoms with Gasteiger partial charge < -0.3 is 68.6 Å². The molecule has 2 aliphatic rings. The van der Waals surface area contributed by atoms with Gasteiger partial charge in [-0.2, -0.15) is 0 Å². The van der Waals surface area contributed by atoms with Gasteiger partial charge in [-0.15, -0.1) is 0 Å². The second kappa shape index (κ2) is 11.6. The maximum atomic E-state index is 13.7. The molecule has 224 valence electrons. The molecular weight excluding hydrogens is 552 g/mol. The van der Waals surface area contributed by atoms with E-state index in [0.29, 0.717) is 0 Å². The molecular formula is C26H30O15. The minimum Gasteiger partial charge on any atom is -0.508 e. The molecule has 15 nitrogen and oxygen atoms in total. The average molecular weight is 583 g/mol. The van der Waals surface area contributed by atoms with Gasteiger partial charge >= 0.3 is 0 Å². The first-order valence-corrected chi connectivity index (χ1v) is 12.5. The van der Waals surface area contributed by atoms with E-state index >= 15 is 0 Å². The SMILES string of the molecule is COc1ccc2oc3cc(O)cc(OC)c3c(=O)c2c1O[C@H]1O[C@@H](CO[C@@H]2OC[C@H](O)[C@H](O)[C@H]2O)[C@H](O)[C@H](O)[C@@H]1O. The molecule has 3 aromatic rings. The molecule has 0 aliphatic carbocycles. The van der Waals surface area contributed by atoms with Crippen LogP contribution in [0.5, 0.6) is 23.0 Å². The van der Waals surface area contributed by atoms with Crippen molar-refractivity contribution in [2.24, 2.45) is 0 Å². The first-order chi connectivity index (χ1) is 19.5. The Morgan fingerprint density at radius 1 is 0.829 bits per heavy atom. The molecule has 9 atom stereocenters. The Morgan fingerprint density at radius 3 is 2.24 bits per heavy atom. The summed E-state index contributed by atoms with van der Waals surface area (Å²) >= 11 is 0. The number of phenols is 1. The molecule has 15 heteroatoms. The summed E-state index contributed by atoms with van der Waals surface area (Å²) in [5, 5.41) is 71.2. The summed E-state index contributed by atoms with van der Waals surface area (Å²) in [5.74, 6) is -0.347. The molecule has 0 spiro atoms. The summed E-state index contributed by atoms with van der Waals surface area (Å²) in [6, 6.07) is 5.34. The zero-order valence-electron chi connectivity index (χ0n) is 21.8. The smallest absolute Gasteiger partial charge is 0.229 e. The van der Waals surface area contributed by atoms with E-state index in [1.54, 1.807) is 0 Å². The third kappa shape index (κ3) is 5.27. The number of fused-ring (bicyclic) bond motifs is 2. The maximum Gasteiger partial charge on any atom is 0.229 e. The summed E-state index contributed by atoms with van der Waals surface area (Å²) in [4.78, 5) is 13.7. The van der Waals surface area contributed by atoms with E-state index < -0.39 is 67.3 Å². The number of phenolic OH excluding ortho intramolecular Hbond substituents is 1. The van der Waals surface area contributed by atoms with Crippen molar-refractivity contribution in [2.45, 2.75) is 55.3 Å². The number of rotatable bonds is 7. The zero-order valence-corrected chi connectivity index (χ0v) is 21.8. The van der Waals surface area contributed by atoms with Crippen molar-refractivity contribution >= 4 is 21.9 Å². The topological polar surface area (TPSA) is 227 Å². The summed E-state index contributed by atoms with van der Waals surface area (Å²) in [6.45, 7) is -0.831. The molecule has 0 unspecified atom stereocenters. The highest BCUT2D eigenvalue weighted by atomic mass is 16.7. The molecule has 0 saturated carbocycles. The van der Waals surface area contributed by atoms with E-state index in [4.69, 9.17) is 32.8 Å². The molecule has 3 heterocycles. The summed E-state index contributed by atoms with van der Waals surface area (Å²) in [7, 11) is 2.62. The average Bonchev–Trinajstić information content (AvgIpc) is 2.95. The van der Waals surface area contributed by atoms with Crippen LogP contribution in [0.2, 0.25) is 0 Å². The Balaban J connectivity index is 1.47. The lowest BCUT2D eigenvalue weighted by Crippen LogP contribution is -2.61. The predicted molar refractivity (Wildman–Crippen MR) is 136 cm³/mol. The fraction of sp³-hybridized carbons (Fsp3) is 0.500. The zero-order chi connectivity index (χ0) is 29.6. The van der Waals surface area contributed by atoms with Crippen LogP contribution >= 0.6 is 0 Å². The molecule has 1 aromatic heterocycles. The molecule has 2 aliphatic heterocycles. The van der Waals surface area contributed by atoms with Crippen LogP contribution in [0, 0.1) is 0 Å². The summed E-state index contributed by atoms with van der Waals surface area (Å²) < 4.78 is 38.6. The van der Waals surface area contributed by atoms with Gasteiger partial charge in [0.25, 0.3) is 0 Å². The minimum atomic E-state index is -1.81. The molecule has 2 aromatic carbocycles. The lowest BCUT2D eigenvalue weighted by Gasteiger charge is -2.41. The van der Waals surface area contributed by atoms with Gasteiger partial charge in [0.1, 0.15) is 76.2 Å². The standard InChI is InChI=1S/C26H30O15/c1-35-12-4-3-11-17(20(31)16-13(36-2)5-9(27)6-14(16)39-11)24(12)41-26-23(34)21(32)19(30)15(40-26)8-38-25-22(33)18(29)10(28)7-37-25/h3-6,10,15,18-19,21-23,25-30,32-34H,7-8H2,1-2H3/t10-,15-,18-,19-,21-,22+,23-,25-,26+/m0/s1. The van der Waals surface area contributed by atoms with Gasteiger partial charge in [0.05, 0.1) is 27.4 Å². The van der Waals surface area contributed by atoms with Crippen LogP contribution in [0.25, 0.3) is 21.9 Å². The highest BCUT2D eigenvalue weighted by Crippen LogP contribution is 2.39. The number of aromatic hydroxyl groups is 1. The first-order valence-electron chi connectivity index (χ1n) is 12.5. The van der Waals surface area contributed by atoms with Crippen molar-refractivity contribution in [3.05, 3.63) is 34.5 Å². The molecule has 5 rings (SSSR count). The first kappa shape index (κ1) is 29.2. The van der Waals surface area contributed by atoms with Crippen molar-refractivity contribution in [1.82, 2.24) is 0 Å². The second-order valence-corrected chi connectivity index (χ2v) is 9.64. The monoisotopic (exact) mass is 582 g/mol. The third-order valence-corrected chi connectivity index (χ3v) is 7.03. The number of hydrogen-bond donors (Lipinski definition) is 7. The summed E-state index contributed by atoms with van der Waals surface area (Å²) in [5.41, 5.74) is -0.562. The van der Waals surface area contributed by atoms with Gasteiger partial charge in [-0.1, -0.05) is 0 Å². The van der Waals surface area contributed by atoms with Crippen molar-refractivity contribution in [1.29, 1.82) is 0 Å². The third-order valence-electron chi connectivity index (χ3n) is 7.03. The molecule has 0 bridgehead atoms. The number of benzene rings is 2. The van der Waals surface area contributed by atoms with E-state index in [0.717, 1.165) is 0 Å². The number of aliphatic hydroxyl groups is 6. The van der Waals surface area contributed by atoms with Crippen LogP contribution in [-0.2, 0) is 14.2 Å². The van der Waals surface area contributed by atoms with Gasteiger partial charge in [0, 0.05) is 12.1 Å². The Bertz CT molecular complexity index is 1460. The van der Waals surface area contributed by atoms with Crippen LogP contribution < -0.4 is 19.6 Å². The fourth-order valence-electron chi connectivity index (χ4n) is 4.79. The number of methoxy groups -OCH3 is 2. The van der Waals surface area contributed by atoms with E-state index in [1.807, 2.05) is 0 Å². The van der Waals surface area contributed by atoms with Gasteiger partial charge in [-0.25, -0.2) is 0 Å². The van der Waals surface area contributed by atoms with E-state index in [-0.39, 0.29) is 51.5 Å². The highest BCUT2D eigenvalue weighted by molar-refractivity contribution is 5.97. The number of aliphatic hydroxyl groups excluding tert-OH is 6. The fourth-order valence-corrected chi connectivity index (χ4v) is 4.79. The van der Waals surface area contributed by atoms with Crippen LogP contribution in [0.1, 0.15) is 0 Å². The van der Waals surface area contributed by atoms with Crippen LogP contribution in [-0.4, -0.2) is 118 Å². The van der Waals surface area contributed by atoms with Gasteiger partial charge in [0.2, 0.25) is 11.7 Å². The molecule has 2 saturated heterocycles. The lowest BCUT2D eigenvalue weighted by atomic mass is 9.99. The molecule has 2 fully saturated rings. The molecule has 0 radical (unpaired) electrons. The Kier molecular flexibility index (Phi) is 8.24. The lowest BCUT2D eigenvalue weighted by molar-refractivity contribution is -0.307. The van der Waals surface area contributed by atoms with E-state index in [1.165, 1.54) is 38.5 Å². The molecule has 41 heavy (non-hydrogen) atoms. The van der Waals surface area contributed by atoms with E-state index in [9.17, 15) is 40.5 Å². The second-order valence-electron chi connectivity index (χ2n) is 9.64. The Morgan fingerprint density at radius 2 is 1.54 bits per heavy atom. The van der Waals surface area contributed by atoms with E-state index in [2.05, 4.69) is 0 Å². The largest absolute Gasteiger partial charge is 0.508 e. The predicted octanol–water partition coefficient (Wildman–Crippen LogP) is -1.69. The minimum absolute atomic E-state index is 0.0129. The van der Waals surface area contributed by atoms with Crippen molar-refractivity contribution in [3.8, 4) is 23.0 Å². The van der Waals surface area contributed by atoms with Crippen molar-refractivity contribution in [2.75, 3.05) is 27.4 Å². The van der Waals surface area contributed by atoms with Crippen molar-refractivity contribution < 1.29 is 68.6 Å². The van der Waals surface area contributed by atoms with Crippen LogP contribution in [0.4, 0.5) is 0 Å². The normalized spacial score (nSPS) is 32.2. The van der Waals surface area contributed by atoms with Gasteiger partial charge in [-0.3, -0.25) is 4.79 Å². The van der Waals surface area contributed by atoms with Gasteiger partial charge in [0.15, 0.2) is 17.8 Å². The number of ether oxygens (including phenoxy) is 6. The van der Waals surface area contributed by atoms with Crippen molar-refractivity contribution in [3.63, 3.8) is 0 Å². The quantitative estimate of drug-likeness (QED) is 0.154. The van der Waals surface area contributed by atoms with Crippen LogP contribution in [0.15, 0.2) is 33.5 Å².